The average molecular weight is 518 g/mol. The Morgan fingerprint density at radius 2 is 1.89 bits per heavy atom. The largest absolute Gasteiger partial charge is 0.486 e. The first-order valence-corrected chi connectivity index (χ1v) is 12.2. The van der Waals surface area contributed by atoms with E-state index in [1.165, 1.54) is 24.4 Å². The van der Waals surface area contributed by atoms with Crippen molar-refractivity contribution < 1.29 is 32.5 Å². The van der Waals surface area contributed by atoms with Gasteiger partial charge in [0, 0.05) is 18.3 Å². The lowest BCUT2D eigenvalue weighted by atomic mass is 9.99. The number of carbonyl (C=O) groups is 1. The van der Waals surface area contributed by atoms with Crippen molar-refractivity contribution in [3.63, 3.8) is 0 Å². The molecule has 2 aliphatic rings. The number of rotatable bonds is 9. The molecule has 0 spiro atoms. The standard InChI is InChI=1S/C27H30F3N3O4/c1-3-31-17(2)18-6-8-20(9-7-18)27(29,30)26(35)32-22(16-33-10-4-5-11-33)24(34)19-14-21(28)25-23(15-19)36-12-13-37-25/h3,6-9,14-15,22,24,34H,2,4-5,10-13,16H2,1H3,(H,32,35). The number of hydrogen-bond acceptors (Lipinski definition) is 6. The van der Waals surface area contributed by atoms with Crippen LogP contribution in [0.5, 0.6) is 11.5 Å². The van der Waals surface area contributed by atoms with Crippen LogP contribution in [-0.2, 0) is 10.7 Å². The Balaban J connectivity index is 1.56. The van der Waals surface area contributed by atoms with Gasteiger partial charge in [-0.1, -0.05) is 30.8 Å². The number of hydrogen-bond donors (Lipinski definition) is 2. The van der Waals surface area contributed by atoms with Crippen LogP contribution in [0.3, 0.4) is 0 Å². The third kappa shape index (κ3) is 5.97. The van der Waals surface area contributed by atoms with E-state index in [1.807, 2.05) is 4.90 Å². The number of amides is 1. The van der Waals surface area contributed by atoms with Gasteiger partial charge in [-0.25, -0.2) is 4.39 Å². The normalized spacial score (nSPS) is 17.5. The van der Waals surface area contributed by atoms with Crippen LogP contribution in [0.25, 0.3) is 5.70 Å². The van der Waals surface area contributed by atoms with E-state index in [-0.39, 0.29) is 36.8 Å². The lowest BCUT2D eigenvalue weighted by molar-refractivity contribution is -0.149. The summed E-state index contributed by atoms with van der Waals surface area (Å²) in [6.07, 6.45) is 1.91. The third-order valence-electron chi connectivity index (χ3n) is 6.46. The molecule has 0 bridgehead atoms. The van der Waals surface area contributed by atoms with Gasteiger partial charge in [0.05, 0.1) is 11.7 Å². The molecule has 7 nitrogen and oxygen atoms in total. The second kappa shape index (κ2) is 11.4. The number of halogens is 3. The Morgan fingerprint density at radius 1 is 1.22 bits per heavy atom. The highest BCUT2D eigenvalue weighted by molar-refractivity contribution is 5.85. The molecule has 4 rings (SSSR count). The Bertz CT molecular complexity index is 1160. The highest BCUT2D eigenvalue weighted by Gasteiger charge is 2.43. The van der Waals surface area contributed by atoms with Gasteiger partial charge >= 0.3 is 5.92 Å². The summed E-state index contributed by atoms with van der Waals surface area (Å²) >= 11 is 0. The summed E-state index contributed by atoms with van der Waals surface area (Å²) in [6.45, 7) is 7.41. The molecule has 2 heterocycles. The summed E-state index contributed by atoms with van der Waals surface area (Å²) in [6, 6.07) is 6.48. The van der Waals surface area contributed by atoms with E-state index in [1.54, 1.807) is 6.92 Å². The van der Waals surface area contributed by atoms with Crippen molar-refractivity contribution in [1.82, 2.24) is 10.2 Å². The summed E-state index contributed by atoms with van der Waals surface area (Å²) in [4.78, 5) is 18.9. The van der Waals surface area contributed by atoms with E-state index in [0.29, 0.717) is 24.4 Å². The zero-order valence-electron chi connectivity index (χ0n) is 20.6. The van der Waals surface area contributed by atoms with E-state index in [0.717, 1.165) is 31.0 Å². The number of alkyl halides is 2. The molecule has 0 aromatic heterocycles. The fraction of sp³-hybridized carbons (Fsp3) is 0.407. The van der Waals surface area contributed by atoms with E-state index in [4.69, 9.17) is 9.47 Å². The predicted molar refractivity (Wildman–Crippen MR) is 133 cm³/mol. The Kier molecular flexibility index (Phi) is 8.19. The number of aliphatic imine (C=N–C) groups is 1. The number of ether oxygens (including phenoxy) is 2. The fourth-order valence-corrected chi connectivity index (χ4v) is 4.49. The average Bonchev–Trinajstić information content (AvgIpc) is 3.41. The van der Waals surface area contributed by atoms with Crippen LogP contribution in [0.15, 0.2) is 48.0 Å². The maximum absolute atomic E-state index is 15.2. The number of nitrogens with one attached hydrogen (secondary N) is 1. The molecule has 0 aliphatic carbocycles. The second-order valence-electron chi connectivity index (χ2n) is 9.05. The first-order chi connectivity index (χ1) is 17.7. The van der Waals surface area contributed by atoms with Gasteiger partial charge in [-0.15, -0.1) is 0 Å². The molecule has 2 atom stereocenters. The third-order valence-corrected chi connectivity index (χ3v) is 6.46. The number of likely N-dealkylation sites (tertiary alicyclic amines) is 1. The van der Waals surface area contributed by atoms with Crippen molar-refractivity contribution in [2.75, 3.05) is 32.8 Å². The number of benzene rings is 2. The van der Waals surface area contributed by atoms with Crippen LogP contribution >= 0.6 is 0 Å². The molecule has 0 radical (unpaired) electrons. The van der Waals surface area contributed by atoms with E-state index < -0.39 is 35.4 Å². The van der Waals surface area contributed by atoms with Gasteiger partial charge < -0.3 is 24.8 Å². The summed E-state index contributed by atoms with van der Waals surface area (Å²) in [5.74, 6) is -6.13. The van der Waals surface area contributed by atoms with Crippen LogP contribution in [0.4, 0.5) is 13.2 Å². The minimum atomic E-state index is -3.88. The molecular formula is C27H30F3N3O4. The summed E-state index contributed by atoms with van der Waals surface area (Å²) in [5, 5.41) is 13.4. The van der Waals surface area contributed by atoms with Crippen molar-refractivity contribution in [1.29, 1.82) is 0 Å². The lowest BCUT2D eigenvalue weighted by Crippen LogP contribution is -2.51. The summed E-state index contributed by atoms with van der Waals surface area (Å²) in [5.41, 5.74) is 0.527. The monoisotopic (exact) mass is 517 g/mol. The van der Waals surface area contributed by atoms with Gasteiger partial charge in [0.1, 0.15) is 19.3 Å². The molecule has 2 aromatic rings. The molecule has 1 saturated heterocycles. The van der Waals surface area contributed by atoms with Crippen molar-refractivity contribution >= 4 is 17.8 Å². The molecule has 198 valence electrons. The van der Waals surface area contributed by atoms with Gasteiger partial charge in [0.15, 0.2) is 17.3 Å². The van der Waals surface area contributed by atoms with Gasteiger partial charge in [-0.3, -0.25) is 9.79 Å². The lowest BCUT2D eigenvalue weighted by Gasteiger charge is -2.30. The number of aliphatic hydroxyl groups excluding tert-OH is 1. The maximum Gasteiger partial charge on any atom is 0.349 e. The number of fused-ring (bicyclic) bond motifs is 1. The maximum atomic E-state index is 15.2. The quantitative estimate of drug-likeness (QED) is 0.490. The highest BCUT2D eigenvalue weighted by atomic mass is 19.3. The Labute approximate surface area is 213 Å². The molecule has 37 heavy (non-hydrogen) atoms. The van der Waals surface area contributed by atoms with Crippen molar-refractivity contribution in [3.05, 3.63) is 65.5 Å². The first kappa shape index (κ1) is 26.7. The molecule has 2 N–H and O–H groups in total. The molecule has 1 amide bonds. The molecule has 2 aromatic carbocycles. The molecule has 0 saturated carbocycles. The summed E-state index contributed by atoms with van der Waals surface area (Å²) in [7, 11) is 0. The van der Waals surface area contributed by atoms with E-state index in [2.05, 4.69) is 16.9 Å². The predicted octanol–water partition coefficient (Wildman–Crippen LogP) is 4.06. The van der Waals surface area contributed by atoms with E-state index >= 15 is 8.78 Å². The Morgan fingerprint density at radius 3 is 2.57 bits per heavy atom. The highest BCUT2D eigenvalue weighted by Crippen LogP contribution is 2.37. The zero-order chi connectivity index (χ0) is 26.6. The zero-order valence-corrected chi connectivity index (χ0v) is 20.6. The van der Waals surface area contributed by atoms with Crippen LogP contribution in [0.1, 0.15) is 42.6 Å². The minimum absolute atomic E-state index is 0.0652. The molecule has 2 unspecified atom stereocenters. The van der Waals surface area contributed by atoms with Crippen LogP contribution in [0.2, 0.25) is 0 Å². The van der Waals surface area contributed by atoms with Crippen molar-refractivity contribution in [2.24, 2.45) is 4.99 Å². The van der Waals surface area contributed by atoms with Gasteiger partial charge in [0.2, 0.25) is 0 Å². The van der Waals surface area contributed by atoms with Crippen LogP contribution in [-0.4, -0.2) is 61.0 Å². The number of carbonyl (C=O) groups excluding carboxylic acids is 1. The molecule has 2 aliphatic heterocycles. The number of aliphatic hydroxyl groups is 1. The Hall–Kier alpha value is -3.37. The van der Waals surface area contributed by atoms with E-state index in [9.17, 15) is 14.3 Å². The number of nitrogens with zero attached hydrogens (tertiary/aromatic N) is 2. The molecular weight excluding hydrogens is 487 g/mol. The van der Waals surface area contributed by atoms with Gasteiger partial charge in [0.25, 0.3) is 5.91 Å². The smallest absolute Gasteiger partial charge is 0.349 e. The van der Waals surface area contributed by atoms with Gasteiger partial charge in [-0.2, -0.15) is 8.78 Å². The van der Waals surface area contributed by atoms with Crippen LogP contribution < -0.4 is 14.8 Å². The second-order valence-corrected chi connectivity index (χ2v) is 9.05. The molecule has 1 fully saturated rings. The summed E-state index contributed by atoms with van der Waals surface area (Å²) < 4.78 is 55.7. The topological polar surface area (TPSA) is 83.4 Å². The van der Waals surface area contributed by atoms with Crippen LogP contribution in [0, 0.1) is 5.82 Å². The van der Waals surface area contributed by atoms with Crippen molar-refractivity contribution in [2.45, 2.75) is 37.8 Å². The first-order valence-electron chi connectivity index (χ1n) is 12.2. The van der Waals surface area contributed by atoms with Crippen molar-refractivity contribution in [3.8, 4) is 11.5 Å². The molecule has 10 heteroatoms. The van der Waals surface area contributed by atoms with Gasteiger partial charge in [-0.05, 0) is 56.1 Å². The fourth-order valence-electron chi connectivity index (χ4n) is 4.49. The minimum Gasteiger partial charge on any atom is -0.486 e. The SMILES string of the molecule is C=C(N=CC)c1ccc(C(F)(F)C(=O)NC(CN2CCCC2)C(O)c2cc(F)c3c(c2)OCCO3)cc1.